The number of ether oxygens (including phenoxy) is 2. The van der Waals surface area contributed by atoms with Gasteiger partial charge >= 0.3 is 8.56 Å². The van der Waals surface area contributed by atoms with E-state index >= 15 is 0 Å². The van der Waals surface area contributed by atoms with Crippen LogP contribution in [-0.4, -0.2) is 34.4 Å². The fourth-order valence-electron chi connectivity index (χ4n) is 2.89. The molecule has 0 N–H and O–H groups in total. The van der Waals surface area contributed by atoms with Crippen molar-refractivity contribution in [2.24, 2.45) is 0 Å². The molecular weight excluding hydrogens is 284 g/mol. The molecule has 4 nitrogen and oxygen atoms in total. The molecule has 1 aliphatic heterocycles. The molecule has 0 spiro atoms. The molecule has 1 unspecified atom stereocenters. The zero-order chi connectivity index (χ0) is 15.2. The van der Waals surface area contributed by atoms with Crippen molar-refractivity contribution in [3.63, 3.8) is 0 Å². The molecule has 1 aliphatic rings. The van der Waals surface area contributed by atoms with Crippen LogP contribution in [0.25, 0.3) is 0 Å². The van der Waals surface area contributed by atoms with Gasteiger partial charge in [-0.1, -0.05) is 30.3 Å². The summed E-state index contributed by atoms with van der Waals surface area (Å²) in [6.07, 6.45) is 1.74. The largest absolute Gasteiger partial charge is 0.391 e. The lowest BCUT2D eigenvalue weighted by Crippen LogP contribution is -2.63. The standard InChI is InChI=1S/C16H26O4Si/c1-4-17-16(18-5-2)13-10-14-21(20-16,19-6-3)15-11-8-7-9-12-15/h7-9,11-12H,4-6,10,13-14H2,1-3H3. The van der Waals surface area contributed by atoms with E-state index in [4.69, 9.17) is 18.3 Å². The Bertz CT molecular complexity index is 410. The third-order valence-electron chi connectivity index (χ3n) is 3.63. The number of benzene rings is 1. The summed E-state index contributed by atoms with van der Waals surface area (Å²) in [5, 5.41) is 1.15. The second kappa shape index (κ2) is 7.51. The fraction of sp³-hybridized carbons (Fsp3) is 0.625. The Hall–Kier alpha value is -0.723. The minimum atomic E-state index is -2.52. The number of hydrogen-bond acceptors (Lipinski definition) is 4. The van der Waals surface area contributed by atoms with Gasteiger partial charge in [0.15, 0.2) is 0 Å². The van der Waals surface area contributed by atoms with Gasteiger partial charge in [-0.2, -0.15) is 0 Å². The number of hydrogen-bond donors (Lipinski definition) is 0. The Kier molecular flexibility index (Phi) is 5.95. The van der Waals surface area contributed by atoms with Gasteiger partial charge in [0.05, 0.1) is 0 Å². The molecule has 1 heterocycles. The highest BCUT2D eigenvalue weighted by Gasteiger charge is 2.52. The molecule has 0 bridgehead atoms. The molecule has 1 atom stereocenters. The van der Waals surface area contributed by atoms with Crippen LogP contribution in [0.5, 0.6) is 0 Å². The summed E-state index contributed by atoms with van der Waals surface area (Å²) in [6.45, 7) is 7.70. The molecule has 0 aliphatic carbocycles. The number of rotatable bonds is 7. The third kappa shape index (κ3) is 3.73. The average molecular weight is 310 g/mol. The van der Waals surface area contributed by atoms with Crippen LogP contribution in [0, 0.1) is 0 Å². The summed E-state index contributed by atoms with van der Waals surface area (Å²) in [7, 11) is -2.52. The van der Waals surface area contributed by atoms with E-state index in [-0.39, 0.29) is 0 Å². The predicted molar refractivity (Wildman–Crippen MR) is 84.6 cm³/mol. The SMILES string of the molecule is CCOC1(OCC)CCC[Si](OCC)(c2ccccc2)O1. The molecule has 0 radical (unpaired) electrons. The molecule has 1 aromatic carbocycles. The first-order valence-electron chi connectivity index (χ1n) is 7.88. The Morgan fingerprint density at radius 2 is 1.71 bits per heavy atom. The topological polar surface area (TPSA) is 36.9 Å². The summed E-state index contributed by atoms with van der Waals surface area (Å²) in [5.74, 6) is -0.945. The third-order valence-corrected chi connectivity index (χ3v) is 7.25. The summed E-state index contributed by atoms with van der Waals surface area (Å²) >= 11 is 0. The lowest BCUT2D eigenvalue weighted by molar-refractivity contribution is -0.357. The molecule has 21 heavy (non-hydrogen) atoms. The highest BCUT2D eigenvalue weighted by atomic mass is 28.4. The Balaban J connectivity index is 2.32. The molecular formula is C16H26O4Si. The molecule has 1 fully saturated rings. The van der Waals surface area contributed by atoms with E-state index in [0.717, 1.165) is 24.1 Å². The maximum atomic E-state index is 6.44. The molecule has 0 amide bonds. The van der Waals surface area contributed by atoms with Gasteiger partial charge < -0.3 is 18.3 Å². The van der Waals surface area contributed by atoms with Crippen molar-refractivity contribution in [2.45, 2.75) is 45.6 Å². The molecule has 1 saturated heterocycles. The van der Waals surface area contributed by atoms with Crippen LogP contribution in [0.4, 0.5) is 0 Å². The van der Waals surface area contributed by atoms with Gasteiger partial charge in [-0.05, 0) is 38.4 Å². The van der Waals surface area contributed by atoms with Crippen LogP contribution in [0.15, 0.2) is 30.3 Å². The van der Waals surface area contributed by atoms with Crippen molar-refractivity contribution in [3.8, 4) is 0 Å². The van der Waals surface area contributed by atoms with E-state index in [1.807, 2.05) is 39.0 Å². The van der Waals surface area contributed by atoms with E-state index in [2.05, 4.69) is 12.1 Å². The van der Waals surface area contributed by atoms with Crippen molar-refractivity contribution in [1.29, 1.82) is 0 Å². The molecule has 5 heteroatoms. The maximum absolute atomic E-state index is 6.44. The van der Waals surface area contributed by atoms with Gasteiger partial charge in [-0.15, -0.1) is 0 Å². The van der Waals surface area contributed by atoms with Gasteiger partial charge in [0.25, 0.3) is 5.97 Å². The summed E-state index contributed by atoms with van der Waals surface area (Å²) in [6, 6.07) is 11.2. The minimum Gasteiger partial charge on any atom is -0.391 e. The monoisotopic (exact) mass is 310 g/mol. The van der Waals surface area contributed by atoms with Crippen molar-refractivity contribution < 1.29 is 18.3 Å². The van der Waals surface area contributed by atoms with Crippen LogP contribution in [0.3, 0.4) is 0 Å². The van der Waals surface area contributed by atoms with E-state index in [1.165, 1.54) is 0 Å². The van der Waals surface area contributed by atoms with Crippen molar-refractivity contribution in [2.75, 3.05) is 19.8 Å². The van der Waals surface area contributed by atoms with Crippen LogP contribution in [-0.2, 0) is 18.3 Å². The first-order valence-corrected chi connectivity index (χ1v) is 9.90. The maximum Gasteiger partial charge on any atom is 0.376 e. The zero-order valence-corrected chi connectivity index (χ0v) is 14.3. The Morgan fingerprint density at radius 1 is 1.05 bits per heavy atom. The van der Waals surface area contributed by atoms with E-state index < -0.39 is 14.5 Å². The highest BCUT2D eigenvalue weighted by molar-refractivity contribution is 6.81. The molecule has 0 aromatic heterocycles. The molecule has 0 saturated carbocycles. The second-order valence-electron chi connectivity index (χ2n) is 5.06. The van der Waals surface area contributed by atoms with E-state index in [1.54, 1.807) is 0 Å². The van der Waals surface area contributed by atoms with Crippen molar-refractivity contribution in [1.82, 2.24) is 0 Å². The predicted octanol–water partition coefficient (Wildman–Crippen LogP) is 2.91. The van der Waals surface area contributed by atoms with Gasteiger partial charge in [0.1, 0.15) is 0 Å². The summed E-state index contributed by atoms with van der Waals surface area (Å²) < 4.78 is 24.3. The Morgan fingerprint density at radius 3 is 2.29 bits per heavy atom. The lowest BCUT2D eigenvalue weighted by Gasteiger charge is -2.45. The zero-order valence-electron chi connectivity index (χ0n) is 13.3. The van der Waals surface area contributed by atoms with Crippen LogP contribution in [0.2, 0.25) is 6.04 Å². The van der Waals surface area contributed by atoms with Crippen molar-refractivity contribution in [3.05, 3.63) is 30.3 Å². The average Bonchev–Trinajstić information content (AvgIpc) is 2.49. The smallest absolute Gasteiger partial charge is 0.376 e. The molecule has 118 valence electrons. The van der Waals surface area contributed by atoms with Gasteiger partial charge in [0, 0.05) is 26.2 Å². The quantitative estimate of drug-likeness (QED) is 0.573. The van der Waals surface area contributed by atoms with Crippen molar-refractivity contribution >= 4 is 13.7 Å². The normalized spacial score (nSPS) is 24.9. The van der Waals surface area contributed by atoms with Crippen LogP contribution < -0.4 is 5.19 Å². The fourth-order valence-corrected chi connectivity index (χ4v) is 6.30. The highest BCUT2D eigenvalue weighted by Crippen LogP contribution is 2.36. The summed E-state index contributed by atoms with van der Waals surface area (Å²) in [5.41, 5.74) is 0. The first-order chi connectivity index (χ1) is 10.2. The van der Waals surface area contributed by atoms with Gasteiger partial charge in [0.2, 0.25) is 0 Å². The lowest BCUT2D eigenvalue weighted by atomic mass is 10.3. The van der Waals surface area contributed by atoms with E-state index in [0.29, 0.717) is 19.8 Å². The van der Waals surface area contributed by atoms with Crippen LogP contribution >= 0.6 is 0 Å². The second-order valence-corrected chi connectivity index (χ2v) is 8.13. The van der Waals surface area contributed by atoms with Gasteiger partial charge in [-0.3, -0.25) is 0 Å². The minimum absolute atomic E-state index is 0.561. The van der Waals surface area contributed by atoms with Crippen LogP contribution in [0.1, 0.15) is 33.6 Å². The molecule has 1 aromatic rings. The first kappa shape index (κ1) is 16.6. The van der Waals surface area contributed by atoms with E-state index in [9.17, 15) is 0 Å². The van der Waals surface area contributed by atoms with Gasteiger partial charge in [-0.25, -0.2) is 0 Å². The Labute approximate surface area is 128 Å². The summed E-state index contributed by atoms with van der Waals surface area (Å²) in [4.78, 5) is 0. The molecule has 2 rings (SSSR count).